The van der Waals surface area contributed by atoms with Crippen molar-refractivity contribution in [1.29, 1.82) is 0 Å². The number of hydrogen-bond donors (Lipinski definition) is 0. The summed E-state index contributed by atoms with van der Waals surface area (Å²) < 4.78 is 30.3. The van der Waals surface area contributed by atoms with E-state index in [4.69, 9.17) is 20.6 Å². The van der Waals surface area contributed by atoms with Crippen LogP contribution in [0.2, 0.25) is 5.02 Å². The molecule has 6 rings (SSSR count). The molecule has 5 aliphatic rings. The average molecular weight is 412 g/mol. The first-order valence-corrected chi connectivity index (χ1v) is 11.7. The third-order valence-electron chi connectivity index (χ3n) is 7.51. The number of benzene rings is 1. The zero-order chi connectivity index (χ0) is 18.8. The predicted molar refractivity (Wildman–Crippen MR) is 102 cm³/mol. The Kier molecular flexibility index (Phi) is 4.37. The smallest absolute Gasteiger partial charge is 0.293 e. The van der Waals surface area contributed by atoms with Crippen LogP contribution in [-0.2, 0) is 19.1 Å². The summed E-state index contributed by atoms with van der Waals surface area (Å²) in [5, 5.41) is 2.57. The zero-order valence-corrected chi connectivity index (χ0v) is 17.1. The van der Waals surface area contributed by atoms with Crippen LogP contribution in [0.25, 0.3) is 0 Å². The number of halogens is 1. The Morgan fingerprint density at radius 1 is 1.11 bits per heavy atom. The van der Waals surface area contributed by atoms with Gasteiger partial charge in [-0.15, -0.1) is 0 Å². The van der Waals surface area contributed by atoms with Crippen molar-refractivity contribution in [1.82, 2.24) is 5.06 Å². The van der Waals surface area contributed by atoms with E-state index in [1.165, 1.54) is 44.2 Å². The molecule has 1 atom stereocenters. The van der Waals surface area contributed by atoms with Gasteiger partial charge in [-0.3, -0.25) is 9.02 Å². The minimum Gasteiger partial charge on any atom is -0.293 e. The van der Waals surface area contributed by atoms with Gasteiger partial charge in [-0.1, -0.05) is 11.6 Å². The molecule has 4 bridgehead atoms. The molecule has 0 radical (unpaired) electrons. The fourth-order valence-corrected chi connectivity index (χ4v) is 7.69. The van der Waals surface area contributed by atoms with Crippen molar-refractivity contribution >= 4 is 21.7 Å². The lowest BCUT2D eigenvalue weighted by Crippen LogP contribution is -2.62. The Hall–Kier alpha value is -0.660. The van der Waals surface area contributed by atoms with Crippen molar-refractivity contribution in [3.63, 3.8) is 0 Å². The van der Waals surface area contributed by atoms with E-state index in [9.17, 15) is 8.42 Å². The Morgan fingerprint density at radius 3 is 2.30 bits per heavy atom. The van der Waals surface area contributed by atoms with Gasteiger partial charge in [-0.2, -0.15) is 13.5 Å². The van der Waals surface area contributed by atoms with Crippen LogP contribution in [0.3, 0.4) is 0 Å². The number of hydroxylamine groups is 2. The molecule has 0 amide bonds. The summed E-state index contributed by atoms with van der Waals surface area (Å²) in [5.41, 5.74) is 0.0749. The third-order valence-corrected chi connectivity index (χ3v) is 9.06. The van der Waals surface area contributed by atoms with Crippen LogP contribution < -0.4 is 0 Å². The summed E-state index contributed by atoms with van der Waals surface area (Å²) in [6.07, 6.45) is 7.28. The summed E-state index contributed by atoms with van der Waals surface area (Å²) in [7, 11) is -1.76. The molecule has 0 unspecified atom stereocenters. The average Bonchev–Trinajstić information content (AvgIpc) is 2.95. The number of hydrogen-bond acceptors (Lipinski definition) is 5. The fourth-order valence-electron chi connectivity index (χ4n) is 6.62. The molecule has 1 saturated heterocycles. The minimum absolute atomic E-state index is 0.0589. The van der Waals surface area contributed by atoms with Gasteiger partial charge in [-0.25, -0.2) is 0 Å². The summed E-state index contributed by atoms with van der Waals surface area (Å²) in [4.78, 5) is 6.24. The van der Waals surface area contributed by atoms with Gasteiger partial charge < -0.3 is 0 Å². The van der Waals surface area contributed by atoms with Crippen LogP contribution in [0.5, 0.6) is 0 Å². The normalized spacial score (nSPS) is 40.9. The highest BCUT2D eigenvalue weighted by Gasteiger charge is 2.62. The van der Waals surface area contributed by atoms with E-state index in [-0.39, 0.29) is 23.1 Å². The molecule has 1 aromatic rings. The van der Waals surface area contributed by atoms with Crippen molar-refractivity contribution in [2.75, 3.05) is 13.7 Å². The highest BCUT2D eigenvalue weighted by atomic mass is 35.5. The van der Waals surface area contributed by atoms with Crippen molar-refractivity contribution in [2.45, 2.75) is 55.1 Å². The van der Waals surface area contributed by atoms with Gasteiger partial charge in [0.2, 0.25) is 0 Å². The van der Waals surface area contributed by atoms with E-state index in [0.29, 0.717) is 16.9 Å². The Labute approximate surface area is 166 Å². The van der Waals surface area contributed by atoms with E-state index in [2.05, 4.69) is 5.06 Å². The van der Waals surface area contributed by atoms with Crippen LogP contribution in [-0.4, -0.2) is 38.8 Å². The van der Waals surface area contributed by atoms with E-state index in [0.717, 1.165) is 18.3 Å². The SMILES string of the molecule is CN1O[C@@H](COS(=O)(=O)c2ccc(Cl)cc2)CC12C1CC3CC(C1)CC2C3. The summed E-state index contributed by atoms with van der Waals surface area (Å²) in [5.74, 6) is 3.15. The molecular formula is C20H26ClNO4S. The molecule has 1 aromatic carbocycles. The molecule has 5 nitrogen and oxygen atoms in total. The van der Waals surface area contributed by atoms with Gasteiger partial charge in [0.05, 0.1) is 17.0 Å². The molecule has 148 valence electrons. The highest BCUT2D eigenvalue weighted by Crippen LogP contribution is 2.62. The van der Waals surface area contributed by atoms with Crippen LogP contribution in [0, 0.1) is 23.7 Å². The molecule has 5 fully saturated rings. The van der Waals surface area contributed by atoms with Crippen molar-refractivity contribution in [3.8, 4) is 0 Å². The Bertz CT molecular complexity index is 797. The van der Waals surface area contributed by atoms with Gasteiger partial charge in [-0.05, 0) is 86.5 Å². The highest BCUT2D eigenvalue weighted by molar-refractivity contribution is 7.86. The molecular weight excluding hydrogens is 386 g/mol. The van der Waals surface area contributed by atoms with Gasteiger partial charge in [0.15, 0.2) is 0 Å². The maximum Gasteiger partial charge on any atom is 0.297 e. The van der Waals surface area contributed by atoms with Gasteiger partial charge in [0.25, 0.3) is 10.1 Å². The predicted octanol–water partition coefficient (Wildman–Crippen LogP) is 3.88. The zero-order valence-electron chi connectivity index (χ0n) is 15.5. The molecule has 1 aliphatic heterocycles. The van der Waals surface area contributed by atoms with Gasteiger partial charge >= 0.3 is 0 Å². The summed E-state index contributed by atoms with van der Waals surface area (Å²) in [6.45, 7) is 0.0589. The van der Waals surface area contributed by atoms with E-state index in [1.807, 2.05) is 7.05 Å². The number of rotatable bonds is 4. The minimum atomic E-state index is -3.80. The fraction of sp³-hybridized carbons (Fsp3) is 0.700. The van der Waals surface area contributed by atoms with E-state index >= 15 is 0 Å². The number of nitrogens with zero attached hydrogens (tertiary/aromatic N) is 1. The first-order valence-electron chi connectivity index (χ1n) is 9.92. The topological polar surface area (TPSA) is 55.8 Å². The van der Waals surface area contributed by atoms with Crippen LogP contribution in [0.15, 0.2) is 29.2 Å². The molecule has 1 heterocycles. The molecule has 0 aromatic heterocycles. The first-order chi connectivity index (χ1) is 12.9. The maximum absolute atomic E-state index is 12.5. The van der Waals surface area contributed by atoms with Gasteiger partial charge in [0, 0.05) is 12.1 Å². The molecule has 27 heavy (non-hydrogen) atoms. The Balaban J connectivity index is 1.29. The van der Waals surface area contributed by atoms with Crippen molar-refractivity contribution in [3.05, 3.63) is 29.3 Å². The first kappa shape index (κ1) is 18.4. The Morgan fingerprint density at radius 2 is 1.70 bits per heavy atom. The largest absolute Gasteiger partial charge is 0.297 e. The molecule has 0 N–H and O–H groups in total. The van der Waals surface area contributed by atoms with Gasteiger partial charge in [0.1, 0.15) is 6.10 Å². The van der Waals surface area contributed by atoms with Crippen LogP contribution in [0.4, 0.5) is 0 Å². The van der Waals surface area contributed by atoms with Crippen LogP contribution >= 0.6 is 11.6 Å². The van der Waals surface area contributed by atoms with E-state index < -0.39 is 10.1 Å². The van der Waals surface area contributed by atoms with E-state index in [1.54, 1.807) is 12.1 Å². The molecule has 1 spiro atoms. The summed E-state index contributed by atoms with van der Waals surface area (Å²) in [6, 6.07) is 6.06. The van der Waals surface area contributed by atoms with Crippen molar-refractivity contribution in [2.24, 2.45) is 23.7 Å². The quantitative estimate of drug-likeness (QED) is 0.704. The standard InChI is InChI=1S/C20H26ClNO4S/c1-22-20(15-7-13-6-14(9-15)10-16(20)8-13)11-18(26-22)12-25-27(23,24)19-4-2-17(21)3-5-19/h2-5,13-16,18H,6-12H2,1H3/t13?,14?,15?,16?,18-,20?/m1/s1. The third kappa shape index (κ3) is 2.96. The molecule has 4 aliphatic carbocycles. The lowest BCUT2D eigenvalue weighted by atomic mass is 9.47. The maximum atomic E-state index is 12.5. The molecule has 7 heteroatoms. The summed E-state index contributed by atoms with van der Waals surface area (Å²) >= 11 is 5.84. The molecule has 4 saturated carbocycles. The second kappa shape index (κ2) is 6.42. The van der Waals surface area contributed by atoms with Crippen molar-refractivity contribution < 1.29 is 17.4 Å². The lowest BCUT2D eigenvalue weighted by molar-refractivity contribution is -0.229. The monoisotopic (exact) mass is 411 g/mol. The second-order valence-electron chi connectivity index (χ2n) is 8.92. The van der Waals surface area contributed by atoms with Crippen LogP contribution in [0.1, 0.15) is 38.5 Å². The lowest BCUT2D eigenvalue weighted by Gasteiger charge is -2.61. The second-order valence-corrected chi connectivity index (χ2v) is 11.0.